The number of methoxy groups -OCH3 is 3. The zero-order chi connectivity index (χ0) is 29.8. The summed E-state index contributed by atoms with van der Waals surface area (Å²) in [5.74, 6) is 0.817. The van der Waals surface area contributed by atoms with Gasteiger partial charge >= 0.3 is 5.97 Å². The smallest absolute Gasteiger partial charge is 0.343 e. The van der Waals surface area contributed by atoms with Gasteiger partial charge in [0.2, 0.25) is 5.75 Å². The maximum atomic E-state index is 13.6. The minimum atomic E-state index is -0.679. The Kier molecular flexibility index (Phi) is 8.69. The van der Waals surface area contributed by atoms with Crippen molar-refractivity contribution in [3.8, 4) is 34.4 Å². The van der Waals surface area contributed by atoms with Crippen molar-refractivity contribution in [3.05, 3.63) is 109 Å². The standard InChI is InChI=1S/C31H23Br2N3O6/c1-39-25-14-19(15-26(40-2)28(25)41-3)31(38)42-27-20(13-21(32)16-23(27)33)17-34-36-29(18-9-5-4-6-10-18)35-24-12-8-7-11-22(24)30(36)37/h4-17H,1-3H3. The lowest BCUT2D eigenvalue weighted by atomic mass is 10.1. The number of hydrogen-bond acceptors (Lipinski definition) is 8. The molecular formula is C31H23Br2N3O6. The summed E-state index contributed by atoms with van der Waals surface area (Å²) in [4.78, 5) is 31.6. The van der Waals surface area contributed by atoms with E-state index in [1.54, 1.807) is 30.3 Å². The predicted octanol–water partition coefficient (Wildman–Crippen LogP) is 6.72. The van der Waals surface area contributed by atoms with Gasteiger partial charge in [0.25, 0.3) is 5.56 Å². The van der Waals surface area contributed by atoms with Crippen molar-refractivity contribution in [2.45, 2.75) is 0 Å². The molecule has 11 heteroatoms. The molecule has 0 spiro atoms. The van der Waals surface area contributed by atoms with Crippen molar-refractivity contribution in [2.75, 3.05) is 21.3 Å². The molecule has 0 aliphatic heterocycles. The van der Waals surface area contributed by atoms with E-state index in [2.05, 4.69) is 37.0 Å². The number of carbonyl (C=O) groups is 1. The van der Waals surface area contributed by atoms with Crippen molar-refractivity contribution in [2.24, 2.45) is 5.10 Å². The van der Waals surface area contributed by atoms with E-state index in [4.69, 9.17) is 23.9 Å². The van der Waals surface area contributed by atoms with Crippen molar-refractivity contribution in [3.63, 3.8) is 0 Å². The van der Waals surface area contributed by atoms with Gasteiger partial charge in [-0.1, -0.05) is 58.4 Å². The van der Waals surface area contributed by atoms with E-state index >= 15 is 0 Å². The second-order valence-corrected chi connectivity index (χ2v) is 10.6. The van der Waals surface area contributed by atoms with E-state index in [0.717, 1.165) is 0 Å². The number of aromatic nitrogens is 2. The van der Waals surface area contributed by atoms with Gasteiger partial charge in [0, 0.05) is 15.6 Å². The van der Waals surface area contributed by atoms with Crippen molar-refractivity contribution >= 4 is 54.9 Å². The third-order valence-corrected chi connectivity index (χ3v) is 7.28. The van der Waals surface area contributed by atoms with Crippen LogP contribution in [-0.4, -0.2) is 43.2 Å². The third kappa shape index (κ3) is 5.79. The first-order valence-electron chi connectivity index (χ1n) is 12.5. The number of halogens is 2. The molecular weight excluding hydrogens is 670 g/mol. The zero-order valence-electron chi connectivity index (χ0n) is 22.6. The van der Waals surface area contributed by atoms with Crippen molar-refractivity contribution < 1.29 is 23.7 Å². The first-order chi connectivity index (χ1) is 20.3. The van der Waals surface area contributed by atoms with Crippen LogP contribution in [0.4, 0.5) is 0 Å². The maximum Gasteiger partial charge on any atom is 0.343 e. The molecule has 1 heterocycles. The lowest BCUT2D eigenvalue weighted by Crippen LogP contribution is -2.20. The Bertz CT molecular complexity index is 1870. The normalized spacial score (nSPS) is 11.1. The lowest BCUT2D eigenvalue weighted by molar-refractivity contribution is 0.0732. The third-order valence-electron chi connectivity index (χ3n) is 6.23. The Balaban J connectivity index is 1.59. The summed E-state index contributed by atoms with van der Waals surface area (Å²) < 4.78 is 24.3. The van der Waals surface area contributed by atoms with Gasteiger partial charge in [0.15, 0.2) is 23.1 Å². The molecule has 0 N–H and O–H groups in total. The van der Waals surface area contributed by atoms with Crippen LogP contribution in [0.15, 0.2) is 97.7 Å². The molecule has 212 valence electrons. The Hall–Kier alpha value is -4.48. The molecule has 0 aliphatic rings. The quantitative estimate of drug-likeness (QED) is 0.101. The molecule has 0 bridgehead atoms. The molecule has 0 amide bonds. The van der Waals surface area contributed by atoms with Gasteiger partial charge in [-0.05, 0) is 52.3 Å². The van der Waals surface area contributed by atoms with E-state index in [1.165, 1.54) is 44.4 Å². The Morgan fingerprint density at radius 3 is 2.19 bits per heavy atom. The van der Waals surface area contributed by atoms with E-state index in [-0.39, 0.29) is 16.9 Å². The van der Waals surface area contributed by atoms with Gasteiger partial charge in [-0.2, -0.15) is 9.78 Å². The van der Waals surface area contributed by atoms with Crippen LogP contribution < -0.4 is 24.5 Å². The molecule has 0 radical (unpaired) electrons. The van der Waals surface area contributed by atoms with Crippen LogP contribution in [0.2, 0.25) is 0 Å². The minimum Gasteiger partial charge on any atom is -0.493 e. The SMILES string of the molecule is COc1cc(C(=O)Oc2c(Br)cc(Br)cc2C=Nn2c(-c3ccccc3)nc3ccccc3c2=O)cc(OC)c1OC. The van der Waals surface area contributed by atoms with Crippen LogP contribution in [0.25, 0.3) is 22.3 Å². The highest BCUT2D eigenvalue weighted by Crippen LogP contribution is 2.39. The summed E-state index contributed by atoms with van der Waals surface area (Å²) in [6.45, 7) is 0. The molecule has 0 aliphatic carbocycles. The first-order valence-corrected chi connectivity index (χ1v) is 14.1. The predicted molar refractivity (Wildman–Crippen MR) is 167 cm³/mol. The highest BCUT2D eigenvalue weighted by atomic mass is 79.9. The molecule has 42 heavy (non-hydrogen) atoms. The fourth-order valence-corrected chi connectivity index (χ4v) is 5.60. The van der Waals surface area contributed by atoms with E-state index in [1.807, 2.05) is 36.4 Å². The number of benzene rings is 4. The molecule has 5 rings (SSSR count). The molecule has 0 saturated heterocycles. The van der Waals surface area contributed by atoms with Gasteiger partial charge in [-0.3, -0.25) is 4.79 Å². The fourth-order valence-electron chi connectivity index (χ4n) is 4.26. The minimum absolute atomic E-state index is 0.170. The molecule has 0 atom stereocenters. The number of hydrogen-bond donors (Lipinski definition) is 0. The van der Waals surface area contributed by atoms with E-state index in [0.29, 0.717) is 54.0 Å². The number of carbonyl (C=O) groups excluding carboxylic acids is 1. The monoisotopic (exact) mass is 691 g/mol. The molecule has 4 aromatic carbocycles. The number of ether oxygens (including phenoxy) is 4. The van der Waals surface area contributed by atoms with Crippen LogP contribution in [0.1, 0.15) is 15.9 Å². The number of rotatable bonds is 8. The maximum absolute atomic E-state index is 13.6. The zero-order valence-corrected chi connectivity index (χ0v) is 25.8. The second-order valence-electron chi connectivity index (χ2n) is 8.79. The van der Waals surface area contributed by atoms with Gasteiger partial charge < -0.3 is 18.9 Å². The van der Waals surface area contributed by atoms with Crippen molar-refractivity contribution in [1.29, 1.82) is 0 Å². The molecule has 5 aromatic rings. The number of esters is 1. The highest BCUT2D eigenvalue weighted by molar-refractivity contribution is 9.11. The molecule has 0 fully saturated rings. The summed E-state index contributed by atoms with van der Waals surface area (Å²) >= 11 is 6.96. The summed E-state index contributed by atoms with van der Waals surface area (Å²) in [7, 11) is 4.39. The average molecular weight is 693 g/mol. The summed E-state index contributed by atoms with van der Waals surface area (Å²) in [5.41, 5.74) is 1.50. The number of fused-ring (bicyclic) bond motifs is 1. The molecule has 0 saturated carbocycles. The summed E-state index contributed by atoms with van der Waals surface area (Å²) in [5, 5.41) is 4.95. The second kappa shape index (κ2) is 12.6. The largest absolute Gasteiger partial charge is 0.493 e. The topological polar surface area (TPSA) is 101 Å². The number of nitrogens with zero attached hydrogens (tertiary/aromatic N) is 3. The average Bonchev–Trinajstić information content (AvgIpc) is 3.01. The lowest BCUT2D eigenvalue weighted by Gasteiger charge is -2.15. The Labute approximate surface area is 257 Å². The van der Waals surface area contributed by atoms with Crippen LogP contribution in [0, 0.1) is 0 Å². The van der Waals surface area contributed by atoms with Crippen molar-refractivity contribution in [1.82, 2.24) is 9.66 Å². The Morgan fingerprint density at radius 2 is 1.52 bits per heavy atom. The summed E-state index contributed by atoms with van der Waals surface area (Å²) in [6.07, 6.45) is 1.44. The Morgan fingerprint density at radius 1 is 0.857 bits per heavy atom. The van der Waals surface area contributed by atoms with Crippen LogP contribution in [0.3, 0.4) is 0 Å². The molecule has 0 unspecified atom stereocenters. The van der Waals surface area contributed by atoms with Crippen LogP contribution >= 0.6 is 31.9 Å². The van der Waals surface area contributed by atoms with E-state index in [9.17, 15) is 9.59 Å². The number of para-hydroxylation sites is 1. The molecule has 1 aromatic heterocycles. The van der Waals surface area contributed by atoms with Crippen LogP contribution in [0.5, 0.6) is 23.0 Å². The van der Waals surface area contributed by atoms with Gasteiger partial charge in [-0.15, -0.1) is 0 Å². The van der Waals surface area contributed by atoms with E-state index < -0.39 is 5.97 Å². The van der Waals surface area contributed by atoms with Gasteiger partial charge in [0.05, 0.1) is 48.5 Å². The summed E-state index contributed by atoms with van der Waals surface area (Å²) in [6, 6.07) is 22.8. The van der Waals surface area contributed by atoms with Gasteiger partial charge in [0.1, 0.15) is 0 Å². The molecule has 9 nitrogen and oxygen atoms in total. The van der Waals surface area contributed by atoms with Crippen LogP contribution in [-0.2, 0) is 0 Å². The fraction of sp³-hybridized carbons (Fsp3) is 0.0968. The first kappa shape index (κ1) is 29.0. The highest BCUT2D eigenvalue weighted by Gasteiger charge is 2.21. The van der Waals surface area contributed by atoms with Gasteiger partial charge in [-0.25, -0.2) is 9.78 Å².